The van der Waals surface area contributed by atoms with Crippen molar-refractivity contribution in [1.82, 2.24) is 16.0 Å². The van der Waals surface area contributed by atoms with Crippen molar-refractivity contribution in [2.24, 2.45) is 5.73 Å². The molecule has 0 aliphatic carbocycles. The molecule has 0 unspecified atom stereocenters. The number of carbonyl (C=O) groups is 5. The van der Waals surface area contributed by atoms with Crippen molar-refractivity contribution in [1.29, 1.82) is 5.41 Å². The summed E-state index contributed by atoms with van der Waals surface area (Å²) in [5.41, 5.74) is 7.14. The van der Waals surface area contributed by atoms with E-state index in [4.69, 9.17) is 11.1 Å². The van der Waals surface area contributed by atoms with E-state index in [0.29, 0.717) is 16.7 Å². The van der Waals surface area contributed by atoms with Crippen LogP contribution in [0.25, 0.3) is 0 Å². The van der Waals surface area contributed by atoms with E-state index in [1.165, 1.54) is 6.92 Å². The molecule has 0 saturated carbocycles. The summed E-state index contributed by atoms with van der Waals surface area (Å²) in [6, 6.07) is 10.9. The lowest BCUT2D eigenvalue weighted by molar-refractivity contribution is -0.143. The zero-order valence-corrected chi connectivity index (χ0v) is 20.1. The van der Waals surface area contributed by atoms with E-state index < -0.39 is 54.2 Å². The monoisotopic (exact) mass is 511 g/mol. The average molecular weight is 512 g/mol. The number of nitrogens with one attached hydrogen (secondary N) is 4. The van der Waals surface area contributed by atoms with Crippen LogP contribution in [0.15, 0.2) is 54.6 Å². The maximum Gasteiger partial charge on any atom is 0.326 e. The number of nitrogen functional groups attached to an aromatic ring is 1. The number of hydrogen-bond acceptors (Lipinski definition) is 6. The first-order valence-corrected chi connectivity index (χ1v) is 11.3. The van der Waals surface area contributed by atoms with E-state index >= 15 is 0 Å². The maximum absolute atomic E-state index is 12.7. The van der Waals surface area contributed by atoms with Gasteiger partial charge in [-0.1, -0.05) is 54.6 Å². The van der Waals surface area contributed by atoms with Gasteiger partial charge in [-0.2, -0.15) is 0 Å². The Hall–Kier alpha value is -4.74. The predicted octanol–water partition coefficient (Wildman–Crippen LogP) is -0.211. The molecule has 3 amide bonds. The largest absolute Gasteiger partial charge is 0.481 e. The van der Waals surface area contributed by atoms with Crippen molar-refractivity contribution < 1.29 is 34.2 Å². The fraction of sp³-hybridized carbons (Fsp3) is 0.280. The normalized spacial score (nSPS) is 12.9. The van der Waals surface area contributed by atoms with Crippen molar-refractivity contribution in [2.75, 3.05) is 0 Å². The Morgan fingerprint density at radius 1 is 0.838 bits per heavy atom. The summed E-state index contributed by atoms with van der Waals surface area (Å²) in [7, 11) is 0. The number of amides is 3. The van der Waals surface area contributed by atoms with Crippen molar-refractivity contribution in [2.45, 2.75) is 44.3 Å². The fourth-order valence-electron chi connectivity index (χ4n) is 3.35. The van der Waals surface area contributed by atoms with Crippen LogP contribution in [0.2, 0.25) is 0 Å². The summed E-state index contributed by atoms with van der Waals surface area (Å²) in [5.74, 6) is -5.14. The van der Waals surface area contributed by atoms with Crippen molar-refractivity contribution in [3.05, 3.63) is 71.3 Å². The zero-order chi connectivity index (χ0) is 27.5. The molecule has 12 nitrogen and oxygen atoms in total. The van der Waals surface area contributed by atoms with Crippen LogP contribution in [0, 0.1) is 5.41 Å². The molecule has 37 heavy (non-hydrogen) atoms. The third-order valence-corrected chi connectivity index (χ3v) is 5.31. The van der Waals surface area contributed by atoms with E-state index in [9.17, 15) is 34.2 Å². The summed E-state index contributed by atoms with van der Waals surface area (Å²) < 4.78 is 0. The molecule has 0 aliphatic heterocycles. The maximum atomic E-state index is 12.7. The van der Waals surface area contributed by atoms with Gasteiger partial charge in [-0.05, 0) is 18.1 Å². The first-order chi connectivity index (χ1) is 17.5. The van der Waals surface area contributed by atoms with Gasteiger partial charge in [0, 0.05) is 12.0 Å². The van der Waals surface area contributed by atoms with Gasteiger partial charge in [0.05, 0.1) is 12.8 Å². The van der Waals surface area contributed by atoms with Crippen LogP contribution in [-0.2, 0) is 36.8 Å². The average Bonchev–Trinajstić information content (AvgIpc) is 2.83. The highest BCUT2D eigenvalue weighted by molar-refractivity contribution is 5.96. The summed E-state index contributed by atoms with van der Waals surface area (Å²) in [6.45, 7) is 1.36. The smallest absolute Gasteiger partial charge is 0.326 e. The van der Waals surface area contributed by atoms with Crippen molar-refractivity contribution in [3.8, 4) is 0 Å². The van der Waals surface area contributed by atoms with Gasteiger partial charge in [0.15, 0.2) is 0 Å². The quantitative estimate of drug-likeness (QED) is 0.141. The Morgan fingerprint density at radius 2 is 1.43 bits per heavy atom. The van der Waals surface area contributed by atoms with Gasteiger partial charge in [-0.3, -0.25) is 24.6 Å². The van der Waals surface area contributed by atoms with E-state index in [2.05, 4.69) is 16.0 Å². The molecule has 0 heterocycles. The Labute approximate surface area is 212 Å². The van der Waals surface area contributed by atoms with Gasteiger partial charge in [-0.15, -0.1) is 0 Å². The Balaban J connectivity index is 1.99. The molecular weight excluding hydrogens is 482 g/mol. The van der Waals surface area contributed by atoms with Gasteiger partial charge in [0.25, 0.3) is 0 Å². The Bertz CT molecular complexity index is 1150. The summed E-state index contributed by atoms with van der Waals surface area (Å²) in [6.07, 6.45) is -0.914. The van der Waals surface area contributed by atoms with Crippen LogP contribution >= 0.6 is 0 Å². The minimum atomic E-state index is -1.57. The standard InChI is InChI=1S/C25H29N5O7/c1-14(28-20(31)12-16-7-9-17(10-8-16)22(26)27)23(34)29-18(13-21(32)33)24(35)30-19(25(36)37)11-15-5-3-2-4-6-15/h2-10,14,18-19H,11-13H2,1H3,(H3,26,27)(H,28,31)(H,29,34)(H,30,35)(H,32,33)(H,36,37)/t14-,18-,19-/m0/s1. The number of hydrogen-bond donors (Lipinski definition) is 7. The van der Waals surface area contributed by atoms with Gasteiger partial charge >= 0.3 is 11.9 Å². The Morgan fingerprint density at radius 3 is 1.97 bits per heavy atom. The van der Waals surface area contributed by atoms with Gasteiger partial charge in [-0.25, -0.2) is 4.79 Å². The minimum absolute atomic E-state index is 0.0461. The number of carbonyl (C=O) groups excluding carboxylic acids is 3. The number of carboxylic acids is 2. The van der Waals surface area contributed by atoms with Crippen LogP contribution in [0.5, 0.6) is 0 Å². The van der Waals surface area contributed by atoms with Crippen LogP contribution in [0.1, 0.15) is 30.0 Å². The zero-order valence-electron chi connectivity index (χ0n) is 20.1. The highest BCUT2D eigenvalue weighted by Crippen LogP contribution is 2.06. The molecule has 0 bridgehead atoms. The van der Waals surface area contributed by atoms with Crippen molar-refractivity contribution in [3.63, 3.8) is 0 Å². The number of rotatable bonds is 13. The molecule has 0 aliphatic rings. The molecule has 0 spiro atoms. The Kier molecular flexibility index (Phi) is 10.3. The highest BCUT2D eigenvalue weighted by Gasteiger charge is 2.30. The highest BCUT2D eigenvalue weighted by atomic mass is 16.4. The van der Waals surface area contributed by atoms with Gasteiger partial charge in [0.1, 0.15) is 24.0 Å². The molecule has 0 fully saturated rings. The molecule has 3 atom stereocenters. The lowest BCUT2D eigenvalue weighted by Gasteiger charge is -2.22. The summed E-state index contributed by atoms with van der Waals surface area (Å²) in [4.78, 5) is 60.6. The van der Waals surface area contributed by atoms with E-state index in [1.54, 1.807) is 54.6 Å². The third-order valence-electron chi connectivity index (χ3n) is 5.31. The number of amidine groups is 1. The number of carboxylic acid groups (broad SMARTS) is 2. The lowest BCUT2D eigenvalue weighted by atomic mass is 10.0. The van der Waals surface area contributed by atoms with Crippen LogP contribution in [-0.4, -0.2) is 63.8 Å². The molecule has 8 N–H and O–H groups in total. The number of benzene rings is 2. The van der Waals surface area contributed by atoms with Crippen LogP contribution in [0.3, 0.4) is 0 Å². The second-order valence-corrected chi connectivity index (χ2v) is 8.32. The molecule has 2 aromatic rings. The summed E-state index contributed by atoms with van der Waals surface area (Å²) in [5, 5.41) is 33.1. The SMILES string of the molecule is C[C@H](NC(=O)Cc1ccc(C(=N)N)cc1)C(=O)N[C@@H](CC(=O)O)C(=O)N[C@@H](Cc1ccccc1)C(=O)O. The van der Waals surface area contributed by atoms with Gasteiger partial charge < -0.3 is 31.9 Å². The topological polar surface area (TPSA) is 212 Å². The first kappa shape index (κ1) is 28.5. The molecule has 12 heteroatoms. The molecule has 2 rings (SSSR count). The number of aliphatic carboxylic acids is 2. The fourth-order valence-corrected chi connectivity index (χ4v) is 3.35. The summed E-state index contributed by atoms with van der Waals surface area (Å²) >= 11 is 0. The third kappa shape index (κ3) is 9.43. The molecular formula is C25H29N5O7. The van der Waals surface area contributed by atoms with Crippen molar-refractivity contribution >= 4 is 35.5 Å². The molecule has 2 aromatic carbocycles. The minimum Gasteiger partial charge on any atom is -0.481 e. The first-order valence-electron chi connectivity index (χ1n) is 11.3. The molecule has 0 aromatic heterocycles. The van der Waals surface area contributed by atoms with E-state index in [1.807, 2.05) is 0 Å². The molecule has 0 radical (unpaired) electrons. The second kappa shape index (κ2) is 13.4. The van der Waals surface area contributed by atoms with E-state index in [-0.39, 0.29) is 18.7 Å². The van der Waals surface area contributed by atoms with Crippen LogP contribution < -0.4 is 21.7 Å². The lowest BCUT2D eigenvalue weighted by Crippen LogP contribution is -2.56. The molecule has 196 valence electrons. The van der Waals surface area contributed by atoms with Crippen LogP contribution in [0.4, 0.5) is 0 Å². The molecule has 0 saturated heterocycles. The second-order valence-electron chi connectivity index (χ2n) is 8.32. The number of nitrogens with two attached hydrogens (primary N) is 1. The van der Waals surface area contributed by atoms with Gasteiger partial charge in [0.2, 0.25) is 17.7 Å². The predicted molar refractivity (Wildman–Crippen MR) is 133 cm³/mol. The van der Waals surface area contributed by atoms with E-state index in [0.717, 1.165) is 0 Å².